The molecule has 0 unspecified atom stereocenters. The predicted molar refractivity (Wildman–Crippen MR) is 97.5 cm³/mol. The first kappa shape index (κ1) is 22.5. The summed E-state index contributed by atoms with van der Waals surface area (Å²) < 4.78 is 43.9. The highest BCUT2D eigenvalue weighted by molar-refractivity contribution is 6.04. The Morgan fingerprint density at radius 1 is 1.31 bits per heavy atom. The fourth-order valence-corrected chi connectivity index (χ4v) is 2.86. The number of phenolic OH excluding ortho intramolecular Hbond substituents is 1. The summed E-state index contributed by atoms with van der Waals surface area (Å²) in [6.45, 7) is 1.84. The minimum atomic E-state index is -4.88. The average molecular weight is 416 g/mol. The molecule has 1 fully saturated rings. The third-order valence-corrected chi connectivity index (χ3v) is 4.64. The molecule has 1 amide bonds. The first-order chi connectivity index (χ1) is 13.5. The highest BCUT2D eigenvalue weighted by Crippen LogP contribution is 2.36. The minimum absolute atomic E-state index is 0.0287. The third kappa shape index (κ3) is 5.39. The van der Waals surface area contributed by atoms with Crippen molar-refractivity contribution < 1.29 is 37.7 Å². The van der Waals surface area contributed by atoms with Crippen LogP contribution in [0.3, 0.4) is 0 Å². The zero-order chi connectivity index (χ0) is 21.8. The summed E-state index contributed by atoms with van der Waals surface area (Å²) in [7, 11) is 0. The smallest absolute Gasteiger partial charge is 0.433 e. The molecular formula is C19H23F3N2O5. The molecule has 0 heterocycles. The Bertz CT molecular complexity index is 804. The summed E-state index contributed by atoms with van der Waals surface area (Å²) in [6.07, 6.45) is -3.03. The maximum absolute atomic E-state index is 12.8. The van der Waals surface area contributed by atoms with E-state index in [1.807, 2.05) is 0 Å². The van der Waals surface area contributed by atoms with Gasteiger partial charge < -0.3 is 20.3 Å². The number of carboxylic acid groups (broad SMARTS) is 1. The Hall–Kier alpha value is -2.78. The monoisotopic (exact) mass is 416 g/mol. The number of benzene rings is 1. The number of amides is 1. The topological polar surface area (TPSA) is 120 Å². The SMILES string of the molecule is CCCc1c(OCCCC(=O)NC2(C(=O)O)CC2)ccc(C(=N)C(F)(F)F)c1O. The van der Waals surface area contributed by atoms with Crippen LogP contribution >= 0.6 is 0 Å². The number of ether oxygens (including phenoxy) is 1. The number of carbonyl (C=O) groups is 2. The number of hydrogen-bond donors (Lipinski definition) is 4. The van der Waals surface area contributed by atoms with Crippen molar-refractivity contribution in [1.82, 2.24) is 5.32 Å². The number of alkyl halides is 3. The second-order valence-corrected chi connectivity index (χ2v) is 6.95. The summed E-state index contributed by atoms with van der Waals surface area (Å²) in [6, 6.07) is 2.25. The number of hydrogen-bond acceptors (Lipinski definition) is 5. The van der Waals surface area contributed by atoms with E-state index < -0.39 is 40.6 Å². The van der Waals surface area contributed by atoms with Crippen LogP contribution in [0.2, 0.25) is 0 Å². The second kappa shape index (κ2) is 8.71. The zero-order valence-electron chi connectivity index (χ0n) is 15.9. The van der Waals surface area contributed by atoms with Gasteiger partial charge in [-0.2, -0.15) is 13.2 Å². The molecule has 0 aliphatic heterocycles. The molecule has 1 aliphatic rings. The molecule has 2 rings (SSSR count). The fourth-order valence-electron chi connectivity index (χ4n) is 2.86. The molecule has 7 nitrogen and oxygen atoms in total. The highest BCUT2D eigenvalue weighted by atomic mass is 19.4. The first-order valence-corrected chi connectivity index (χ1v) is 9.20. The van der Waals surface area contributed by atoms with Crippen LogP contribution in [-0.2, 0) is 16.0 Å². The Morgan fingerprint density at radius 3 is 2.48 bits per heavy atom. The van der Waals surface area contributed by atoms with Gasteiger partial charge in [0.05, 0.1) is 6.61 Å². The van der Waals surface area contributed by atoms with Gasteiger partial charge in [-0.25, -0.2) is 4.79 Å². The lowest BCUT2D eigenvalue weighted by molar-refractivity contribution is -0.143. The third-order valence-electron chi connectivity index (χ3n) is 4.64. The fraction of sp³-hybridized carbons (Fsp3) is 0.526. The lowest BCUT2D eigenvalue weighted by atomic mass is 10.00. The molecular weight excluding hydrogens is 393 g/mol. The Kier molecular flexibility index (Phi) is 6.76. The van der Waals surface area contributed by atoms with E-state index in [9.17, 15) is 27.9 Å². The molecule has 1 aromatic rings. The van der Waals surface area contributed by atoms with Gasteiger partial charge in [-0.15, -0.1) is 0 Å². The Balaban J connectivity index is 1.98. The Morgan fingerprint density at radius 2 is 1.97 bits per heavy atom. The van der Waals surface area contributed by atoms with Crippen LogP contribution in [0.15, 0.2) is 12.1 Å². The van der Waals surface area contributed by atoms with E-state index in [2.05, 4.69) is 5.32 Å². The standard InChI is InChI=1S/C19H23F3N2O5/c1-2-4-11-13(7-6-12(15(11)26)16(23)19(20,21)22)29-10-3-5-14(25)24-18(8-9-18)17(27)28/h6-7,23,26H,2-5,8-10H2,1H3,(H,24,25)(H,27,28). The summed E-state index contributed by atoms with van der Waals surface area (Å²) in [5.74, 6) is -1.93. The van der Waals surface area contributed by atoms with Crippen LogP contribution in [-0.4, -0.2) is 46.1 Å². The number of carboxylic acids is 1. The molecule has 0 atom stereocenters. The molecule has 0 saturated heterocycles. The largest absolute Gasteiger partial charge is 0.507 e. The van der Waals surface area contributed by atoms with Gasteiger partial charge >= 0.3 is 12.1 Å². The molecule has 0 radical (unpaired) electrons. The number of carbonyl (C=O) groups excluding carboxylic acids is 1. The van der Waals surface area contributed by atoms with Crippen LogP contribution in [0, 0.1) is 5.41 Å². The van der Waals surface area contributed by atoms with E-state index in [1.165, 1.54) is 6.07 Å². The van der Waals surface area contributed by atoms with Gasteiger partial charge in [0.25, 0.3) is 0 Å². The van der Waals surface area contributed by atoms with E-state index in [0.717, 1.165) is 6.07 Å². The number of nitrogens with one attached hydrogen (secondary N) is 2. The molecule has 0 spiro atoms. The van der Waals surface area contributed by atoms with E-state index in [1.54, 1.807) is 6.92 Å². The number of aliphatic carboxylic acids is 1. The lowest BCUT2D eigenvalue weighted by Gasteiger charge is -2.17. The molecule has 4 N–H and O–H groups in total. The van der Waals surface area contributed by atoms with Crippen molar-refractivity contribution in [2.75, 3.05) is 6.61 Å². The van der Waals surface area contributed by atoms with Gasteiger partial charge in [-0.1, -0.05) is 13.3 Å². The van der Waals surface area contributed by atoms with Crippen molar-refractivity contribution in [2.24, 2.45) is 0 Å². The highest BCUT2D eigenvalue weighted by Gasteiger charge is 2.51. The maximum Gasteiger partial charge on any atom is 0.433 e. The molecule has 160 valence electrons. The normalized spacial score (nSPS) is 14.9. The molecule has 29 heavy (non-hydrogen) atoms. The van der Waals surface area contributed by atoms with Crippen molar-refractivity contribution in [3.8, 4) is 11.5 Å². The number of rotatable bonds is 10. The first-order valence-electron chi connectivity index (χ1n) is 9.20. The quantitative estimate of drug-likeness (QED) is 0.345. The van der Waals surface area contributed by atoms with Crippen molar-refractivity contribution >= 4 is 17.6 Å². The van der Waals surface area contributed by atoms with Crippen molar-refractivity contribution in [1.29, 1.82) is 5.41 Å². The van der Waals surface area contributed by atoms with Gasteiger partial charge in [0.15, 0.2) is 0 Å². The van der Waals surface area contributed by atoms with E-state index in [4.69, 9.17) is 15.3 Å². The molecule has 0 bridgehead atoms. The van der Waals surface area contributed by atoms with E-state index in [-0.39, 0.29) is 37.2 Å². The molecule has 10 heteroatoms. The minimum Gasteiger partial charge on any atom is -0.507 e. The van der Waals surface area contributed by atoms with Crippen LogP contribution in [0.25, 0.3) is 0 Å². The molecule has 1 aliphatic carbocycles. The number of aromatic hydroxyl groups is 1. The molecule has 1 saturated carbocycles. The van der Waals surface area contributed by atoms with Crippen LogP contribution in [0.5, 0.6) is 11.5 Å². The summed E-state index contributed by atoms with van der Waals surface area (Å²) >= 11 is 0. The van der Waals surface area contributed by atoms with Crippen LogP contribution in [0.4, 0.5) is 13.2 Å². The summed E-state index contributed by atoms with van der Waals surface area (Å²) in [5.41, 5.74) is -3.23. The number of halogens is 3. The van der Waals surface area contributed by atoms with Crippen molar-refractivity contribution in [3.05, 3.63) is 23.3 Å². The van der Waals surface area contributed by atoms with Crippen molar-refractivity contribution in [2.45, 2.75) is 57.2 Å². The van der Waals surface area contributed by atoms with E-state index >= 15 is 0 Å². The van der Waals surface area contributed by atoms with Gasteiger partial charge in [0.2, 0.25) is 5.91 Å². The molecule has 1 aromatic carbocycles. The second-order valence-electron chi connectivity index (χ2n) is 6.95. The van der Waals surface area contributed by atoms with E-state index in [0.29, 0.717) is 19.3 Å². The van der Waals surface area contributed by atoms with Crippen LogP contribution < -0.4 is 10.1 Å². The molecule has 0 aromatic heterocycles. The van der Waals surface area contributed by atoms with Gasteiger partial charge in [-0.3, -0.25) is 10.2 Å². The summed E-state index contributed by atoms with van der Waals surface area (Å²) in [5, 5.41) is 29.0. The Labute approximate surface area is 165 Å². The zero-order valence-corrected chi connectivity index (χ0v) is 15.9. The average Bonchev–Trinajstić information content (AvgIpc) is 3.41. The predicted octanol–water partition coefficient (Wildman–Crippen LogP) is 3.17. The van der Waals surface area contributed by atoms with Crippen LogP contribution in [0.1, 0.15) is 50.2 Å². The summed E-state index contributed by atoms with van der Waals surface area (Å²) in [4.78, 5) is 22.9. The van der Waals surface area contributed by atoms with Gasteiger partial charge in [0, 0.05) is 17.5 Å². The lowest BCUT2D eigenvalue weighted by Crippen LogP contribution is -2.43. The number of phenols is 1. The van der Waals surface area contributed by atoms with Crippen molar-refractivity contribution in [3.63, 3.8) is 0 Å². The maximum atomic E-state index is 12.8. The van der Waals surface area contributed by atoms with Gasteiger partial charge in [-0.05, 0) is 37.8 Å². The van der Waals surface area contributed by atoms with Gasteiger partial charge in [0.1, 0.15) is 22.7 Å².